The molecule has 3 N–H and O–H groups in total. The van der Waals surface area contributed by atoms with Crippen molar-refractivity contribution in [3.05, 3.63) is 38.4 Å². The van der Waals surface area contributed by atoms with Crippen molar-refractivity contribution in [1.82, 2.24) is 9.13 Å². The molecule has 0 radical (unpaired) electrons. The van der Waals surface area contributed by atoms with Gasteiger partial charge in [0.05, 0.1) is 5.82 Å². The molecule has 0 bridgehead atoms. The normalized spacial score (nSPS) is 11.6. The van der Waals surface area contributed by atoms with Crippen molar-refractivity contribution >= 4 is 5.69 Å². The van der Waals surface area contributed by atoms with Crippen molar-refractivity contribution in [2.24, 2.45) is 19.8 Å². The molecule has 0 saturated carbocycles. The van der Waals surface area contributed by atoms with Crippen LogP contribution in [0.4, 0.5) is 5.69 Å². The minimum absolute atomic E-state index is 0.320. The number of nitrogens with one attached hydrogen (secondary N) is 1. The largest absolute Gasteiger partial charge is 0.386 e. The Morgan fingerprint density at radius 2 is 1.88 bits per heavy atom. The van der Waals surface area contributed by atoms with E-state index in [1.54, 1.807) is 27.0 Å². The van der Waals surface area contributed by atoms with Crippen molar-refractivity contribution in [2.45, 2.75) is 13.8 Å². The van der Waals surface area contributed by atoms with Crippen LogP contribution >= 0.6 is 0 Å². The molecule has 0 amide bonds. The highest BCUT2D eigenvalue weighted by atomic mass is 16.2. The summed E-state index contributed by atoms with van der Waals surface area (Å²) in [6.07, 6.45) is 1.64. The number of allylic oxidation sites excluding steroid dienone is 1. The van der Waals surface area contributed by atoms with Gasteiger partial charge in [-0.3, -0.25) is 13.9 Å². The van der Waals surface area contributed by atoms with Crippen molar-refractivity contribution in [1.29, 1.82) is 0 Å². The summed E-state index contributed by atoms with van der Waals surface area (Å²) >= 11 is 0. The highest BCUT2D eigenvalue weighted by Crippen LogP contribution is 2.06. The van der Waals surface area contributed by atoms with Gasteiger partial charge in [-0.25, -0.2) is 4.79 Å². The first-order valence-corrected chi connectivity index (χ1v) is 4.85. The summed E-state index contributed by atoms with van der Waals surface area (Å²) in [5.74, 6) is 0.374. The van der Waals surface area contributed by atoms with E-state index in [9.17, 15) is 9.59 Å². The molecule has 0 spiro atoms. The van der Waals surface area contributed by atoms with Gasteiger partial charge in [0.25, 0.3) is 5.56 Å². The average Bonchev–Trinajstić information content (AvgIpc) is 2.29. The van der Waals surface area contributed by atoms with Crippen LogP contribution in [-0.2, 0) is 14.1 Å². The van der Waals surface area contributed by atoms with E-state index < -0.39 is 0 Å². The van der Waals surface area contributed by atoms with Gasteiger partial charge >= 0.3 is 5.69 Å². The topological polar surface area (TPSA) is 82.0 Å². The fourth-order valence-corrected chi connectivity index (χ4v) is 1.31. The third kappa shape index (κ3) is 1.86. The summed E-state index contributed by atoms with van der Waals surface area (Å²) in [7, 11) is 3.04. The van der Waals surface area contributed by atoms with Crippen LogP contribution in [0.3, 0.4) is 0 Å². The third-order valence-electron chi connectivity index (χ3n) is 2.54. The summed E-state index contributed by atoms with van der Waals surface area (Å²) in [5, 5.41) is 2.78. The number of aromatic nitrogens is 2. The van der Waals surface area contributed by atoms with Crippen LogP contribution in [0.5, 0.6) is 0 Å². The molecule has 0 aliphatic heterocycles. The van der Waals surface area contributed by atoms with Gasteiger partial charge in [0.1, 0.15) is 5.69 Å². The van der Waals surface area contributed by atoms with Gasteiger partial charge in [0.15, 0.2) is 0 Å². The lowest BCUT2D eigenvalue weighted by Crippen LogP contribution is -2.39. The Bertz CT molecular complexity index is 551. The van der Waals surface area contributed by atoms with E-state index >= 15 is 0 Å². The number of rotatable bonds is 2. The summed E-state index contributed by atoms with van der Waals surface area (Å²) in [6.45, 7) is 3.44. The lowest BCUT2D eigenvalue weighted by Gasteiger charge is -2.13. The molecule has 6 nitrogen and oxygen atoms in total. The van der Waals surface area contributed by atoms with E-state index in [-0.39, 0.29) is 11.2 Å². The predicted octanol–water partition coefficient (Wildman–Crippen LogP) is -0.376. The van der Waals surface area contributed by atoms with Crippen molar-refractivity contribution in [3.8, 4) is 0 Å². The molecule has 16 heavy (non-hydrogen) atoms. The van der Waals surface area contributed by atoms with Crippen LogP contribution in [0.2, 0.25) is 0 Å². The molecule has 0 atom stereocenters. The van der Waals surface area contributed by atoms with Crippen molar-refractivity contribution in [2.75, 3.05) is 5.32 Å². The van der Waals surface area contributed by atoms with E-state index in [0.29, 0.717) is 17.2 Å². The Morgan fingerprint density at radius 1 is 1.31 bits per heavy atom. The maximum atomic E-state index is 11.8. The Balaban J connectivity index is 3.53. The predicted molar refractivity (Wildman–Crippen MR) is 63.2 cm³/mol. The number of nitrogens with two attached hydrogens (primary N) is 1. The second kappa shape index (κ2) is 4.26. The molecule has 0 fully saturated rings. The number of anilines is 1. The number of hydrogen-bond acceptors (Lipinski definition) is 4. The van der Waals surface area contributed by atoms with Crippen LogP contribution in [0.15, 0.2) is 21.5 Å². The smallest absolute Gasteiger partial charge is 0.330 e. The molecule has 0 unspecified atom stereocenters. The Morgan fingerprint density at radius 3 is 2.38 bits per heavy atom. The molecule has 1 aromatic rings. The zero-order valence-corrected chi connectivity index (χ0v) is 9.87. The first-order valence-electron chi connectivity index (χ1n) is 4.85. The fraction of sp³-hybridized carbons (Fsp3) is 0.400. The second-order valence-corrected chi connectivity index (χ2v) is 3.54. The summed E-state index contributed by atoms with van der Waals surface area (Å²) in [6, 6.07) is 0. The lowest BCUT2D eigenvalue weighted by molar-refractivity contribution is 0.671. The molecule has 0 saturated heterocycles. The van der Waals surface area contributed by atoms with Gasteiger partial charge in [0, 0.05) is 19.8 Å². The zero-order chi connectivity index (χ0) is 12.5. The Labute approximate surface area is 93.0 Å². The molecule has 1 heterocycles. The van der Waals surface area contributed by atoms with Gasteiger partial charge in [-0.15, -0.1) is 0 Å². The highest BCUT2D eigenvalue weighted by molar-refractivity contribution is 5.49. The summed E-state index contributed by atoms with van der Waals surface area (Å²) < 4.78 is 2.44. The van der Waals surface area contributed by atoms with E-state index in [0.717, 1.165) is 4.57 Å². The van der Waals surface area contributed by atoms with Crippen LogP contribution in [0.1, 0.15) is 12.6 Å². The van der Waals surface area contributed by atoms with E-state index in [2.05, 4.69) is 5.32 Å². The quantitative estimate of drug-likeness (QED) is 0.717. The van der Waals surface area contributed by atoms with Crippen LogP contribution in [0, 0.1) is 6.92 Å². The highest BCUT2D eigenvalue weighted by Gasteiger charge is 2.11. The van der Waals surface area contributed by atoms with Gasteiger partial charge in [-0.05, 0) is 19.9 Å². The third-order valence-corrected chi connectivity index (χ3v) is 2.54. The molecule has 0 aliphatic rings. The molecular weight excluding hydrogens is 208 g/mol. The van der Waals surface area contributed by atoms with Gasteiger partial charge in [0.2, 0.25) is 0 Å². The van der Waals surface area contributed by atoms with E-state index in [1.165, 1.54) is 11.6 Å². The zero-order valence-electron chi connectivity index (χ0n) is 9.87. The minimum Gasteiger partial charge on any atom is -0.386 e. The SMILES string of the molecule is C/C=C(/N)Nc1c(C)n(C)c(=O)n(C)c1=O. The van der Waals surface area contributed by atoms with Crippen LogP contribution in [0.25, 0.3) is 0 Å². The minimum atomic E-state index is -0.384. The fourth-order valence-electron chi connectivity index (χ4n) is 1.31. The van der Waals surface area contributed by atoms with Crippen molar-refractivity contribution < 1.29 is 0 Å². The Hall–Kier alpha value is -1.98. The number of hydrogen-bond donors (Lipinski definition) is 2. The first-order chi connectivity index (χ1) is 7.40. The van der Waals surface area contributed by atoms with Gasteiger partial charge in [-0.2, -0.15) is 0 Å². The first kappa shape index (κ1) is 12.1. The van der Waals surface area contributed by atoms with E-state index in [1.807, 2.05) is 0 Å². The van der Waals surface area contributed by atoms with Crippen LogP contribution < -0.4 is 22.3 Å². The Kier molecular flexibility index (Phi) is 3.22. The molecule has 6 heteroatoms. The summed E-state index contributed by atoms with van der Waals surface area (Å²) in [4.78, 5) is 23.4. The lowest BCUT2D eigenvalue weighted by atomic mass is 10.3. The molecule has 1 rings (SSSR count). The standard InChI is InChI=1S/C10H16N4O2/c1-5-7(11)12-8-6(2)13(3)10(16)14(4)9(8)15/h5,12H,11H2,1-4H3/b7-5-. The van der Waals surface area contributed by atoms with E-state index in [4.69, 9.17) is 5.73 Å². The monoisotopic (exact) mass is 224 g/mol. The molecule has 0 aromatic carbocycles. The molecular formula is C10H16N4O2. The molecule has 88 valence electrons. The molecule has 1 aromatic heterocycles. The van der Waals surface area contributed by atoms with Crippen molar-refractivity contribution in [3.63, 3.8) is 0 Å². The second-order valence-electron chi connectivity index (χ2n) is 3.54. The number of nitrogens with zero attached hydrogens (tertiary/aromatic N) is 2. The van der Waals surface area contributed by atoms with Gasteiger partial charge in [-0.1, -0.05) is 0 Å². The van der Waals surface area contributed by atoms with Crippen LogP contribution in [-0.4, -0.2) is 9.13 Å². The maximum absolute atomic E-state index is 11.8. The maximum Gasteiger partial charge on any atom is 0.330 e. The molecule has 0 aliphatic carbocycles. The average molecular weight is 224 g/mol. The summed E-state index contributed by atoms with van der Waals surface area (Å²) in [5.41, 5.74) is 5.73. The van der Waals surface area contributed by atoms with Gasteiger partial charge < -0.3 is 11.1 Å².